The smallest absolute Gasteiger partial charge is 0.253 e. The molecule has 1 aliphatic heterocycles. The van der Waals surface area contributed by atoms with Crippen LogP contribution in [0.25, 0.3) is 0 Å². The Balaban J connectivity index is 2.05. The molecule has 0 aromatic carbocycles. The van der Waals surface area contributed by atoms with Gasteiger partial charge in [0.25, 0.3) is 5.91 Å². The number of pyridine rings is 1. The Kier molecular flexibility index (Phi) is 4.09. The first-order valence-electron chi connectivity index (χ1n) is 5.21. The molecule has 5 nitrogen and oxygen atoms in total. The summed E-state index contributed by atoms with van der Waals surface area (Å²) in [5, 5.41) is 3.28. The molecule has 2 heterocycles. The summed E-state index contributed by atoms with van der Waals surface area (Å²) >= 11 is 7.75. The highest BCUT2D eigenvalue weighted by molar-refractivity contribution is 7.99. The number of aromatic nitrogens is 1. The largest absolute Gasteiger partial charge is 0.348 e. The van der Waals surface area contributed by atoms with Crippen molar-refractivity contribution in [3.8, 4) is 0 Å². The molecule has 0 spiro atoms. The van der Waals surface area contributed by atoms with Crippen LogP contribution in [0.15, 0.2) is 12.3 Å². The minimum absolute atomic E-state index is 0.143. The molecular formula is C10H13ClN4OS. The first kappa shape index (κ1) is 12.5. The average Bonchev–Trinajstić information content (AvgIpc) is 2.81. The lowest BCUT2D eigenvalue weighted by atomic mass is 10.2. The van der Waals surface area contributed by atoms with Gasteiger partial charge in [-0.25, -0.2) is 10.8 Å². The fourth-order valence-electron chi connectivity index (χ4n) is 1.59. The van der Waals surface area contributed by atoms with E-state index in [1.165, 1.54) is 6.20 Å². The Bertz CT molecular complexity index is 423. The highest BCUT2D eigenvalue weighted by atomic mass is 35.5. The van der Waals surface area contributed by atoms with Crippen LogP contribution in [0.4, 0.5) is 5.82 Å². The number of halogens is 1. The van der Waals surface area contributed by atoms with Crippen molar-refractivity contribution in [2.75, 3.05) is 16.9 Å². The quantitative estimate of drug-likeness (QED) is 0.570. The molecular weight excluding hydrogens is 260 g/mol. The Hall–Kier alpha value is -0.980. The van der Waals surface area contributed by atoms with Crippen LogP contribution >= 0.6 is 23.4 Å². The van der Waals surface area contributed by atoms with Crippen molar-refractivity contribution in [1.29, 1.82) is 0 Å². The Labute approximate surface area is 108 Å². The van der Waals surface area contributed by atoms with Crippen molar-refractivity contribution in [3.05, 3.63) is 22.8 Å². The van der Waals surface area contributed by atoms with Crippen LogP contribution in [0.3, 0.4) is 0 Å². The lowest BCUT2D eigenvalue weighted by molar-refractivity contribution is 0.0941. The van der Waals surface area contributed by atoms with Crippen LogP contribution in [0, 0.1) is 0 Å². The number of hydrogen-bond acceptors (Lipinski definition) is 5. The van der Waals surface area contributed by atoms with Crippen molar-refractivity contribution in [2.24, 2.45) is 5.84 Å². The zero-order valence-corrected chi connectivity index (χ0v) is 10.6. The average molecular weight is 273 g/mol. The lowest BCUT2D eigenvalue weighted by Crippen LogP contribution is -2.34. The van der Waals surface area contributed by atoms with Gasteiger partial charge >= 0.3 is 0 Å². The van der Waals surface area contributed by atoms with E-state index in [-0.39, 0.29) is 11.9 Å². The first-order chi connectivity index (χ1) is 8.20. The number of nitrogens with zero attached hydrogens (tertiary/aromatic N) is 1. The number of nitrogens with two attached hydrogens (primary N) is 1. The number of carbonyl (C=O) groups excluding carboxylic acids is 1. The number of amides is 1. The van der Waals surface area contributed by atoms with Gasteiger partial charge in [-0.05, 0) is 18.2 Å². The van der Waals surface area contributed by atoms with Gasteiger partial charge < -0.3 is 10.7 Å². The van der Waals surface area contributed by atoms with Gasteiger partial charge in [-0.3, -0.25) is 4.79 Å². The third kappa shape index (κ3) is 3.02. The molecule has 1 amide bonds. The van der Waals surface area contributed by atoms with Gasteiger partial charge in [0.1, 0.15) is 0 Å². The topological polar surface area (TPSA) is 80.0 Å². The predicted molar refractivity (Wildman–Crippen MR) is 70.3 cm³/mol. The van der Waals surface area contributed by atoms with Gasteiger partial charge in [0.2, 0.25) is 0 Å². The maximum atomic E-state index is 11.9. The molecule has 1 aromatic heterocycles. The van der Waals surface area contributed by atoms with E-state index in [0.717, 1.165) is 17.9 Å². The molecule has 17 heavy (non-hydrogen) atoms. The molecule has 92 valence electrons. The van der Waals surface area contributed by atoms with Crippen LogP contribution in [-0.2, 0) is 0 Å². The third-order valence-electron chi connectivity index (χ3n) is 2.50. The SMILES string of the molecule is NNc1ncc(C(=O)NC2CCSC2)cc1Cl. The summed E-state index contributed by atoms with van der Waals surface area (Å²) in [6.07, 6.45) is 2.47. The number of anilines is 1. The van der Waals surface area contributed by atoms with Gasteiger partial charge in [0.15, 0.2) is 5.82 Å². The van der Waals surface area contributed by atoms with Crippen molar-refractivity contribution in [1.82, 2.24) is 10.3 Å². The monoisotopic (exact) mass is 272 g/mol. The number of nitrogens with one attached hydrogen (secondary N) is 2. The molecule has 1 unspecified atom stereocenters. The maximum Gasteiger partial charge on any atom is 0.253 e. The normalized spacial score (nSPS) is 19.1. The standard InChI is InChI=1S/C10H13ClN4OS/c11-8-3-6(4-13-9(8)15-12)10(16)14-7-1-2-17-5-7/h3-4,7H,1-2,5,12H2,(H,13,15)(H,14,16). The highest BCUT2D eigenvalue weighted by Crippen LogP contribution is 2.20. The number of hydrazine groups is 1. The Morgan fingerprint density at radius 1 is 1.65 bits per heavy atom. The second-order valence-corrected chi connectivity index (χ2v) is 5.29. The van der Waals surface area contributed by atoms with Gasteiger partial charge in [0, 0.05) is 18.0 Å². The van der Waals surface area contributed by atoms with E-state index in [1.54, 1.807) is 6.07 Å². The summed E-state index contributed by atoms with van der Waals surface area (Å²) in [4.78, 5) is 15.8. The molecule has 0 radical (unpaired) electrons. The summed E-state index contributed by atoms with van der Waals surface area (Å²) in [5.74, 6) is 7.49. The van der Waals surface area contributed by atoms with E-state index in [1.807, 2.05) is 11.8 Å². The number of nitrogen functional groups attached to an aromatic ring is 1. The third-order valence-corrected chi connectivity index (χ3v) is 3.96. The number of hydrogen-bond donors (Lipinski definition) is 3. The van der Waals surface area contributed by atoms with Gasteiger partial charge in [-0.1, -0.05) is 11.6 Å². The van der Waals surface area contributed by atoms with Crippen LogP contribution in [-0.4, -0.2) is 28.4 Å². The minimum Gasteiger partial charge on any atom is -0.348 e. The van der Waals surface area contributed by atoms with E-state index in [2.05, 4.69) is 15.7 Å². The molecule has 1 aliphatic rings. The van der Waals surface area contributed by atoms with Crippen molar-refractivity contribution >= 4 is 35.1 Å². The van der Waals surface area contributed by atoms with Crippen LogP contribution in [0.2, 0.25) is 5.02 Å². The van der Waals surface area contributed by atoms with Crippen molar-refractivity contribution in [2.45, 2.75) is 12.5 Å². The Morgan fingerprint density at radius 2 is 2.47 bits per heavy atom. The predicted octanol–water partition coefficient (Wildman–Crippen LogP) is 1.26. The molecule has 1 atom stereocenters. The summed E-state index contributed by atoms with van der Waals surface area (Å²) in [7, 11) is 0. The molecule has 4 N–H and O–H groups in total. The molecule has 0 bridgehead atoms. The van der Waals surface area contributed by atoms with E-state index >= 15 is 0 Å². The molecule has 7 heteroatoms. The van der Waals surface area contributed by atoms with E-state index < -0.39 is 0 Å². The maximum absolute atomic E-state index is 11.9. The van der Waals surface area contributed by atoms with Crippen molar-refractivity contribution in [3.63, 3.8) is 0 Å². The van der Waals surface area contributed by atoms with Crippen LogP contribution in [0.5, 0.6) is 0 Å². The van der Waals surface area contributed by atoms with Gasteiger partial charge in [-0.15, -0.1) is 0 Å². The molecule has 1 saturated heterocycles. The van der Waals surface area contributed by atoms with E-state index in [9.17, 15) is 4.79 Å². The van der Waals surface area contributed by atoms with Crippen molar-refractivity contribution < 1.29 is 4.79 Å². The minimum atomic E-state index is -0.143. The number of rotatable bonds is 3. The fraction of sp³-hybridized carbons (Fsp3) is 0.400. The van der Waals surface area contributed by atoms with Gasteiger partial charge in [0.05, 0.1) is 10.6 Å². The zero-order chi connectivity index (χ0) is 12.3. The Morgan fingerprint density at radius 3 is 3.06 bits per heavy atom. The molecule has 0 saturated carbocycles. The molecule has 2 rings (SSSR count). The van der Waals surface area contributed by atoms with Gasteiger partial charge in [-0.2, -0.15) is 11.8 Å². The molecule has 0 aliphatic carbocycles. The first-order valence-corrected chi connectivity index (χ1v) is 6.74. The van der Waals surface area contributed by atoms with E-state index in [0.29, 0.717) is 16.4 Å². The summed E-state index contributed by atoms with van der Waals surface area (Å²) in [6, 6.07) is 1.81. The number of carbonyl (C=O) groups is 1. The fourth-order valence-corrected chi connectivity index (χ4v) is 2.96. The number of thioether (sulfide) groups is 1. The summed E-state index contributed by atoms with van der Waals surface area (Å²) < 4.78 is 0. The molecule has 1 fully saturated rings. The highest BCUT2D eigenvalue weighted by Gasteiger charge is 2.19. The summed E-state index contributed by atoms with van der Waals surface area (Å²) in [6.45, 7) is 0. The summed E-state index contributed by atoms with van der Waals surface area (Å²) in [5.41, 5.74) is 2.81. The lowest BCUT2D eigenvalue weighted by Gasteiger charge is -2.11. The molecule has 1 aromatic rings. The second kappa shape index (κ2) is 5.57. The second-order valence-electron chi connectivity index (χ2n) is 3.73. The van der Waals surface area contributed by atoms with Crippen LogP contribution in [0.1, 0.15) is 16.8 Å². The van der Waals surface area contributed by atoms with E-state index in [4.69, 9.17) is 17.4 Å². The van der Waals surface area contributed by atoms with Crippen LogP contribution < -0.4 is 16.6 Å². The zero-order valence-electron chi connectivity index (χ0n) is 9.07.